The second-order valence-electron chi connectivity index (χ2n) is 22.2. The maximum absolute atomic E-state index is 7.32. The summed E-state index contributed by atoms with van der Waals surface area (Å²) < 4.78 is 29.0. The number of benzene rings is 10. The van der Waals surface area contributed by atoms with Crippen LogP contribution in [0.15, 0.2) is 191 Å². The molecule has 0 N–H and O–H groups in total. The summed E-state index contributed by atoms with van der Waals surface area (Å²) in [7, 11) is 0. The SMILES string of the molecule is CC(C)c1cc2c3c(c1)-n1c4ccc5c6cc(-n7c8ccccc8c8ccccc87)ccc6oc5c4c4c5oc6ccc(-n7c8ccccc8c8ccccc87)cc6c5cc(c41)B3c1ccc(C(C)(C)C)cc1O2. The minimum Gasteiger partial charge on any atom is -0.458 e. The Hall–Kier alpha value is -8.94. The first-order chi connectivity index (χ1) is 36.2. The van der Waals surface area contributed by atoms with Crippen LogP contribution in [0.3, 0.4) is 0 Å². The molecule has 0 aliphatic carbocycles. The van der Waals surface area contributed by atoms with Crippen LogP contribution in [0.4, 0.5) is 0 Å². The molecule has 17 rings (SSSR count). The smallest absolute Gasteiger partial charge is 0.256 e. The van der Waals surface area contributed by atoms with Crippen molar-refractivity contribution in [3.63, 3.8) is 0 Å². The number of hydrogen-bond acceptors (Lipinski definition) is 3. The summed E-state index contributed by atoms with van der Waals surface area (Å²) >= 11 is 0. The minimum atomic E-state index is -0.104. The number of para-hydroxylation sites is 4. The molecule has 5 aromatic heterocycles. The van der Waals surface area contributed by atoms with Crippen LogP contribution in [0.1, 0.15) is 51.7 Å². The van der Waals surface area contributed by atoms with Crippen LogP contribution < -0.4 is 21.1 Å². The van der Waals surface area contributed by atoms with E-state index in [1.165, 1.54) is 71.1 Å². The Bertz CT molecular complexity index is 4920. The Labute approximate surface area is 425 Å². The molecule has 2 aliphatic rings. The highest BCUT2D eigenvalue weighted by atomic mass is 16.5. The number of hydrogen-bond donors (Lipinski definition) is 0. The van der Waals surface area contributed by atoms with Crippen LogP contribution in [-0.2, 0) is 5.41 Å². The lowest BCUT2D eigenvalue weighted by atomic mass is 9.34. The summed E-state index contributed by atoms with van der Waals surface area (Å²) in [4.78, 5) is 0. The molecule has 0 amide bonds. The number of ether oxygens (including phenoxy) is 1. The largest absolute Gasteiger partial charge is 0.458 e. The van der Waals surface area contributed by atoms with E-state index in [0.717, 1.165) is 94.2 Å². The lowest BCUT2D eigenvalue weighted by Gasteiger charge is -2.35. The van der Waals surface area contributed by atoms with Crippen molar-refractivity contribution in [2.45, 2.75) is 46.0 Å². The molecular formula is C67H46BN3O3. The van der Waals surface area contributed by atoms with Gasteiger partial charge in [0.05, 0.1) is 43.9 Å². The van der Waals surface area contributed by atoms with Crippen molar-refractivity contribution < 1.29 is 13.6 Å². The molecule has 0 spiro atoms. The highest BCUT2D eigenvalue weighted by Crippen LogP contribution is 2.48. The molecule has 0 saturated heterocycles. The summed E-state index contributed by atoms with van der Waals surface area (Å²) in [5, 5.41) is 11.3. The summed E-state index contributed by atoms with van der Waals surface area (Å²) in [6, 6.07) is 67.0. The second-order valence-corrected chi connectivity index (χ2v) is 22.2. The number of aromatic nitrogens is 3. The first-order valence-corrected chi connectivity index (χ1v) is 26.0. The van der Waals surface area contributed by atoms with Crippen molar-refractivity contribution >= 4 is 132 Å². The summed E-state index contributed by atoms with van der Waals surface area (Å²) in [6.07, 6.45) is 0. The van der Waals surface area contributed by atoms with Gasteiger partial charge in [-0.1, -0.05) is 126 Å². The van der Waals surface area contributed by atoms with Crippen LogP contribution in [0.2, 0.25) is 0 Å². The number of fused-ring (bicyclic) bond motifs is 21. The monoisotopic (exact) mass is 951 g/mol. The molecule has 0 radical (unpaired) electrons. The van der Waals surface area contributed by atoms with Crippen molar-refractivity contribution in [2.75, 3.05) is 0 Å². The third kappa shape index (κ3) is 5.16. The first kappa shape index (κ1) is 40.6. The van der Waals surface area contributed by atoms with Gasteiger partial charge in [-0.15, -0.1) is 0 Å². The van der Waals surface area contributed by atoms with Gasteiger partial charge < -0.3 is 27.3 Å². The lowest BCUT2D eigenvalue weighted by molar-refractivity contribution is 0.482. The highest BCUT2D eigenvalue weighted by Gasteiger charge is 2.43. The maximum Gasteiger partial charge on any atom is 0.256 e. The molecule has 7 heteroatoms. The predicted molar refractivity (Wildman–Crippen MR) is 308 cm³/mol. The predicted octanol–water partition coefficient (Wildman–Crippen LogP) is 16.1. The van der Waals surface area contributed by atoms with Crippen LogP contribution in [-0.4, -0.2) is 20.4 Å². The molecule has 74 heavy (non-hydrogen) atoms. The van der Waals surface area contributed by atoms with E-state index in [1.54, 1.807) is 0 Å². The van der Waals surface area contributed by atoms with E-state index < -0.39 is 0 Å². The molecule has 0 bridgehead atoms. The van der Waals surface area contributed by atoms with E-state index in [0.29, 0.717) is 0 Å². The fraction of sp³-hybridized carbons (Fsp3) is 0.104. The van der Waals surface area contributed by atoms with Crippen LogP contribution in [0.25, 0.3) is 126 Å². The molecule has 0 saturated carbocycles. The van der Waals surface area contributed by atoms with E-state index in [2.05, 4.69) is 230 Å². The summed E-state index contributed by atoms with van der Waals surface area (Å²) in [6.45, 7) is 11.3. The van der Waals surface area contributed by atoms with Gasteiger partial charge in [-0.25, -0.2) is 0 Å². The van der Waals surface area contributed by atoms with Gasteiger partial charge in [0, 0.05) is 60.2 Å². The van der Waals surface area contributed by atoms with Crippen molar-refractivity contribution in [1.29, 1.82) is 0 Å². The fourth-order valence-electron chi connectivity index (χ4n) is 13.3. The van der Waals surface area contributed by atoms with Gasteiger partial charge in [-0.3, -0.25) is 0 Å². The fourth-order valence-corrected chi connectivity index (χ4v) is 13.3. The third-order valence-electron chi connectivity index (χ3n) is 16.8. The molecular weight excluding hydrogens is 906 g/mol. The summed E-state index contributed by atoms with van der Waals surface area (Å²) in [5.74, 6) is 2.11. The van der Waals surface area contributed by atoms with Crippen molar-refractivity contribution in [1.82, 2.24) is 13.7 Å². The quantitative estimate of drug-likeness (QED) is 0.166. The molecule has 0 fully saturated rings. The number of rotatable bonds is 3. The van der Waals surface area contributed by atoms with Gasteiger partial charge in [-0.2, -0.15) is 0 Å². The summed E-state index contributed by atoms with van der Waals surface area (Å²) in [5.41, 5.74) is 19.7. The molecule has 6 nitrogen and oxygen atoms in total. The molecule has 2 aliphatic heterocycles. The number of furan rings is 2. The lowest BCUT2D eigenvalue weighted by Crippen LogP contribution is -2.58. The van der Waals surface area contributed by atoms with E-state index in [4.69, 9.17) is 13.6 Å². The Morgan fingerprint density at radius 3 is 1.55 bits per heavy atom. The van der Waals surface area contributed by atoms with Crippen LogP contribution in [0, 0.1) is 0 Å². The van der Waals surface area contributed by atoms with Crippen molar-refractivity contribution in [3.8, 4) is 28.6 Å². The van der Waals surface area contributed by atoms with E-state index in [1.807, 2.05) is 0 Å². The van der Waals surface area contributed by atoms with Crippen molar-refractivity contribution in [2.24, 2.45) is 0 Å². The Balaban J connectivity index is 1.01. The topological polar surface area (TPSA) is 50.3 Å². The molecule has 350 valence electrons. The van der Waals surface area contributed by atoms with Gasteiger partial charge in [0.2, 0.25) is 0 Å². The van der Waals surface area contributed by atoms with Gasteiger partial charge in [-0.05, 0) is 130 Å². The number of nitrogens with zero attached hydrogens (tertiary/aromatic N) is 3. The van der Waals surface area contributed by atoms with Gasteiger partial charge in [0.15, 0.2) is 0 Å². The maximum atomic E-state index is 7.32. The zero-order valence-corrected chi connectivity index (χ0v) is 41.5. The third-order valence-corrected chi connectivity index (χ3v) is 16.8. The van der Waals surface area contributed by atoms with Gasteiger partial charge in [0.1, 0.15) is 33.8 Å². The van der Waals surface area contributed by atoms with Gasteiger partial charge >= 0.3 is 0 Å². The second kappa shape index (κ2) is 14.0. The normalized spacial score (nSPS) is 13.4. The zero-order valence-electron chi connectivity index (χ0n) is 41.5. The molecule has 0 unspecified atom stereocenters. The minimum absolute atomic E-state index is 0.0548. The first-order valence-electron chi connectivity index (χ1n) is 26.0. The van der Waals surface area contributed by atoms with E-state index in [-0.39, 0.29) is 18.0 Å². The Morgan fingerprint density at radius 2 is 0.986 bits per heavy atom. The average molecular weight is 952 g/mol. The molecule has 7 heterocycles. The van der Waals surface area contributed by atoms with Crippen LogP contribution in [0.5, 0.6) is 11.5 Å². The molecule has 10 aromatic carbocycles. The Kier molecular flexibility index (Phi) is 7.67. The standard InChI is InChI=1S/C67H46BN3O3/c1-36(2)37-30-56-63-60(31-37)72-59-32-38(67(3,4)5)22-26-49(59)68(63)50-35-48-47-34-40(70-53-20-12-8-16-43(53)44-17-9-13-21-54(44)70)24-29-58(47)74-66(48)62-61-55(71(56)64(50)62)27-25-45-46-33-39(23-28-57(46)73-65(45)61)69-51-18-10-6-14-41(51)42-15-7-11-19-52(42)69/h6-36H,1-5H3. The van der Waals surface area contributed by atoms with E-state index in [9.17, 15) is 0 Å². The Morgan fingerprint density at radius 1 is 0.432 bits per heavy atom. The van der Waals surface area contributed by atoms with Crippen LogP contribution >= 0.6 is 0 Å². The van der Waals surface area contributed by atoms with Crippen molar-refractivity contribution in [3.05, 3.63) is 193 Å². The highest BCUT2D eigenvalue weighted by molar-refractivity contribution is 6.99. The van der Waals surface area contributed by atoms with Gasteiger partial charge in [0.25, 0.3) is 6.71 Å². The molecule has 15 aromatic rings. The van der Waals surface area contributed by atoms with E-state index >= 15 is 0 Å². The molecule has 0 atom stereocenters. The zero-order chi connectivity index (χ0) is 49.0. The average Bonchev–Trinajstić information content (AvgIpc) is 4.24.